The lowest BCUT2D eigenvalue weighted by atomic mass is 9.86. The van der Waals surface area contributed by atoms with Gasteiger partial charge in [0, 0.05) is 12.0 Å². The van der Waals surface area contributed by atoms with Crippen LogP contribution in [-0.4, -0.2) is 6.04 Å². The standard InChI is InChI=1S/C15H23N/c1-14(2,3)11-8-6-10(7-9-11)12-13(16)15(12,4)5/h6-9,12-13H,16H2,1-5H3. The third-order valence-corrected chi connectivity index (χ3v) is 4.05. The third-order valence-electron chi connectivity index (χ3n) is 4.05. The molecule has 0 heterocycles. The van der Waals surface area contributed by atoms with Gasteiger partial charge in [-0.15, -0.1) is 0 Å². The average molecular weight is 217 g/mol. The lowest BCUT2D eigenvalue weighted by molar-refractivity contribution is 0.588. The van der Waals surface area contributed by atoms with Gasteiger partial charge in [0.1, 0.15) is 0 Å². The highest BCUT2D eigenvalue weighted by Crippen LogP contribution is 2.57. The van der Waals surface area contributed by atoms with Gasteiger partial charge < -0.3 is 5.73 Å². The van der Waals surface area contributed by atoms with E-state index < -0.39 is 0 Å². The molecule has 0 aromatic heterocycles. The van der Waals surface area contributed by atoms with Gasteiger partial charge in [0.05, 0.1) is 0 Å². The highest BCUT2D eigenvalue weighted by molar-refractivity contribution is 5.37. The molecule has 0 saturated heterocycles. The first-order valence-electron chi connectivity index (χ1n) is 6.10. The van der Waals surface area contributed by atoms with E-state index in [2.05, 4.69) is 58.9 Å². The van der Waals surface area contributed by atoms with Crippen molar-refractivity contribution in [3.8, 4) is 0 Å². The van der Waals surface area contributed by atoms with Gasteiger partial charge in [-0.1, -0.05) is 58.9 Å². The molecule has 1 heteroatoms. The highest BCUT2D eigenvalue weighted by atomic mass is 14.8. The van der Waals surface area contributed by atoms with Crippen LogP contribution in [0.3, 0.4) is 0 Å². The van der Waals surface area contributed by atoms with Crippen molar-refractivity contribution >= 4 is 0 Å². The molecule has 1 saturated carbocycles. The number of hydrogen-bond acceptors (Lipinski definition) is 1. The molecule has 1 aromatic rings. The Balaban J connectivity index is 2.22. The van der Waals surface area contributed by atoms with Crippen molar-refractivity contribution in [2.75, 3.05) is 0 Å². The van der Waals surface area contributed by atoms with E-state index in [-0.39, 0.29) is 10.8 Å². The maximum atomic E-state index is 6.10. The van der Waals surface area contributed by atoms with Gasteiger partial charge in [0.15, 0.2) is 0 Å². The Kier molecular flexibility index (Phi) is 2.43. The Hall–Kier alpha value is -0.820. The summed E-state index contributed by atoms with van der Waals surface area (Å²) in [5.74, 6) is 0.543. The SMILES string of the molecule is CC(C)(C)c1ccc(C2C(N)C2(C)C)cc1. The molecule has 0 amide bonds. The topological polar surface area (TPSA) is 26.0 Å². The molecule has 1 fully saturated rings. The molecule has 0 aliphatic heterocycles. The minimum atomic E-state index is 0.236. The quantitative estimate of drug-likeness (QED) is 0.766. The summed E-state index contributed by atoms with van der Waals surface area (Å²) in [7, 11) is 0. The summed E-state index contributed by atoms with van der Waals surface area (Å²) in [6, 6.07) is 9.32. The molecule has 0 radical (unpaired) electrons. The van der Waals surface area contributed by atoms with Crippen molar-refractivity contribution in [3.63, 3.8) is 0 Å². The fourth-order valence-electron chi connectivity index (χ4n) is 2.50. The Bertz CT molecular complexity index is 381. The molecule has 1 aliphatic carbocycles. The third kappa shape index (κ3) is 1.78. The molecule has 1 aromatic carbocycles. The van der Waals surface area contributed by atoms with E-state index in [1.807, 2.05) is 0 Å². The molecule has 2 atom stereocenters. The molecule has 1 nitrogen and oxygen atoms in total. The van der Waals surface area contributed by atoms with Crippen LogP contribution in [0, 0.1) is 5.41 Å². The highest BCUT2D eigenvalue weighted by Gasteiger charge is 2.55. The van der Waals surface area contributed by atoms with E-state index >= 15 is 0 Å². The van der Waals surface area contributed by atoms with Crippen LogP contribution in [0.2, 0.25) is 0 Å². The van der Waals surface area contributed by atoms with Crippen LogP contribution in [0.1, 0.15) is 51.7 Å². The fourth-order valence-corrected chi connectivity index (χ4v) is 2.50. The van der Waals surface area contributed by atoms with E-state index in [1.54, 1.807) is 0 Å². The van der Waals surface area contributed by atoms with Crippen molar-refractivity contribution in [1.82, 2.24) is 0 Å². The first kappa shape index (κ1) is 11.7. The normalized spacial score (nSPS) is 27.9. The van der Waals surface area contributed by atoms with Crippen LogP contribution >= 0.6 is 0 Å². The van der Waals surface area contributed by atoms with Crippen molar-refractivity contribution in [2.24, 2.45) is 11.1 Å². The van der Waals surface area contributed by atoms with Crippen LogP contribution in [0.4, 0.5) is 0 Å². The second kappa shape index (κ2) is 3.33. The first-order valence-corrected chi connectivity index (χ1v) is 6.10. The van der Waals surface area contributed by atoms with Crippen LogP contribution in [-0.2, 0) is 5.41 Å². The Morgan fingerprint density at radius 1 is 1.06 bits per heavy atom. The van der Waals surface area contributed by atoms with Gasteiger partial charge in [-0.3, -0.25) is 0 Å². The van der Waals surface area contributed by atoms with E-state index in [1.165, 1.54) is 11.1 Å². The van der Waals surface area contributed by atoms with E-state index in [0.717, 1.165) is 0 Å². The van der Waals surface area contributed by atoms with Gasteiger partial charge in [-0.05, 0) is 22.0 Å². The summed E-state index contributed by atoms with van der Waals surface area (Å²) in [6.07, 6.45) is 0. The summed E-state index contributed by atoms with van der Waals surface area (Å²) < 4.78 is 0. The monoisotopic (exact) mass is 217 g/mol. The second-order valence-corrected chi connectivity index (χ2v) is 6.70. The van der Waals surface area contributed by atoms with E-state index in [9.17, 15) is 0 Å². The van der Waals surface area contributed by atoms with E-state index in [4.69, 9.17) is 5.73 Å². The summed E-state index contributed by atoms with van der Waals surface area (Å²) in [5, 5.41) is 0. The molecule has 16 heavy (non-hydrogen) atoms. The predicted molar refractivity (Wildman–Crippen MR) is 69.6 cm³/mol. The summed E-state index contributed by atoms with van der Waals surface area (Å²) >= 11 is 0. The Morgan fingerprint density at radius 2 is 1.50 bits per heavy atom. The zero-order valence-corrected chi connectivity index (χ0v) is 11.0. The molecule has 2 N–H and O–H groups in total. The summed E-state index contributed by atoms with van der Waals surface area (Å²) in [5.41, 5.74) is 9.40. The van der Waals surface area contributed by atoms with Crippen molar-refractivity contribution < 1.29 is 0 Å². The zero-order valence-electron chi connectivity index (χ0n) is 11.0. The van der Waals surface area contributed by atoms with Crippen LogP contribution in [0.5, 0.6) is 0 Å². The predicted octanol–water partition coefficient (Wildman–Crippen LogP) is 3.43. The van der Waals surface area contributed by atoms with Crippen molar-refractivity contribution in [3.05, 3.63) is 35.4 Å². The van der Waals surface area contributed by atoms with Gasteiger partial charge in [-0.2, -0.15) is 0 Å². The van der Waals surface area contributed by atoms with Crippen LogP contribution in [0.25, 0.3) is 0 Å². The zero-order chi connectivity index (χ0) is 12.1. The molecule has 2 rings (SSSR count). The van der Waals surface area contributed by atoms with Crippen LogP contribution < -0.4 is 5.73 Å². The number of nitrogens with two attached hydrogens (primary N) is 1. The van der Waals surface area contributed by atoms with Gasteiger partial charge in [0.25, 0.3) is 0 Å². The number of benzene rings is 1. The molecular formula is C15H23N. The van der Waals surface area contributed by atoms with Gasteiger partial charge in [0.2, 0.25) is 0 Å². The molecule has 88 valence electrons. The van der Waals surface area contributed by atoms with Gasteiger partial charge >= 0.3 is 0 Å². The maximum absolute atomic E-state index is 6.10. The number of rotatable bonds is 1. The maximum Gasteiger partial charge on any atom is 0.0172 e. The van der Waals surface area contributed by atoms with Crippen LogP contribution in [0.15, 0.2) is 24.3 Å². The van der Waals surface area contributed by atoms with Crippen molar-refractivity contribution in [2.45, 2.75) is 52.0 Å². The summed E-state index contributed by atoms with van der Waals surface area (Å²) in [6.45, 7) is 11.2. The fraction of sp³-hybridized carbons (Fsp3) is 0.600. The molecular weight excluding hydrogens is 194 g/mol. The lowest BCUT2D eigenvalue weighted by Crippen LogP contribution is -2.10. The lowest BCUT2D eigenvalue weighted by Gasteiger charge is -2.19. The largest absolute Gasteiger partial charge is 0.327 e. The molecule has 2 unspecified atom stereocenters. The molecule has 0 bridgehead atoms. The minimum Gasteiger partial charge on any atom is -0.327 e. The second-order valence-electron chi connectivity index (χ2n) is 6.70. The Morgan fingerprint density at radius 3 is 1.81 bits per heavy atom. The minimum absolute atomic E-state index is 0.236. The van der Waals surface area contributed by atoms with Gasteiger partial charge in [-0.25, -0.2) is 0 Å². The first-order chi connectivity index (χ1) is 7.24. The molecule has 0 spiro atoms. The summed E-state index contributed by atoms with van der Waals surface area (Å²) in [4.78, 5) is 0. The van der Waals surface area contributed by atoms with Crippen molar-refractivity contribution in [1.29, 1.82) is 0 Å². The Labute approximate surface area is 99.0 Å². The van der Waals surface area contributed by atoms with E-state index in [0.29, 0.717) is 12.0 Å². The smallest absolute Gasteiger partial charge is 0.0172 e. The number of hydrogen-bond donors (Lipinski definition) is 1. The average Bonchev–Trinajstić information content (AvgIpc) is 2.65. The molecule has 1 aliphatic rings.